The maximum atomic E-state index is 12.9. The number of hydrogen-bond donors (Lipinski definition) is 1. The second-order valence-corrected chi connectivity index (χ2v) is 11.2. The lowest BCUT2D eigenvalue weighted by atomic mass is 10.1. The highest BCUT2D eigenvalue weighted by atomic mass is 79.9. The summed E-state index contributed by atoms with van der Waals surface area (Å²) in [7, 11) is 3.30. The summed E-state index contributed by atoms with van der Waals surface area (Å²) in [6.45, 7) is 4.19. The van der Waals surface area contributed by atoms with Crippen molar-refractivity contribution >= 4 is 74.3 Å². The average Bonchev–Trinajstić information content (AvgIpc) is 3.31. The first-order valence-corrected chi connectivity index (χ1v) is 14.9. The smallest absolute Gasteiger partial charge is 0.253 e. The molecule has 9 nitrogen and oxygen atoms in total. The maximum absolute atomic E-state index is 12.9. The lowest BCUT2D eigenvalue weighted by Gasteiger charge is -2.21. The Balaban J connectivity index is 1.37. The van der Waals surface area contributed by atoms with Gasteiger partial charge in [-0.1, -0.05) is 35.3 Å². The van der Waals surface area contributed by atoms with Crippen LogP contribution in [0.5, 0.6) is 5.75 Å². The Hall–Kier alpha value is -3.86. The van der Waals surface area contributed by atoms with Crippen molar-refractivity contribution in [2.75, 3.05) is 32.1 Å². The second kappa shape index (κ2) is 14.1. The molecule has 43 heavy (non-hydrogen) atoms. The van der Waals surface area contributed by atoms with E-state index >= 15 is 0 Å². The minimum absolute atomic E-state index is 0.0444. The Morgan fingerprint density at radius 2 is 1.81 bits per heavy atom. The predicted octanol–water partition coefficient (Wildman–Crippen LogP) is 6.18. The van der Waals surface area contributed by atoms with Crippen molar-refractivity contribution in [3.05, 3.63) is 97.8 Å². The molecule has 0 bridgehead atoms. The number of pyridine rings is 1. The zero-order valence-corrected chi connectivity index (χ0v) is 27.1. The summed E-state index contributed by atoms with van der Waals surface area (Å²) in [6, 6.07) is 13.8. The number of rotatable bonds is 10. The molecule has 4 rings (SSSR count). The zero-order valence-electron chi connectivity index (χ0n) is 24.0. The highest BCUT2D eigenvalue weighted by molar-refractivity contribution is 9.10. The van der Waals surface area contributed by atoms with Gasteiger partial charge in [-0.3, -0.25) is 18.8 Å². The van der Waals surface area contributed by atoms with Gasteiger partial charge in [0.1, 0.15) is 11.2 Å². The standard InChI is InChI=1S/C31H30BrCl2N5O4/c1-5-37(3)31(42)21-11-8-20(9-12-21)10-15-26(40)35-17-27(41)38(4)24-14-13-23(33)22(28(24)34)18-43-25-7-6-16-39-29(32)19(2)36-30(25)39/h6-16H,5,17-18H2,1-4H3,(H,35,40)/b15-10+. The summed E-state index contributed by atoms with van der Waals surface area (Å²) < 4.78 is 8.74. The highest BCUT2D eigenvalue weighted by Gasteiger charge is 2.20. The largest absolute Gasteiger partial charge is 0.485 e. The average molecular weight is 687 g/mol. The fraction of sp³-hybridized carbons (Fsp3) is 0.226. The number of aromatic nitrogens is 2. The Morgan fingerprint density at radius 3 is 2.51 bits per heavy atom. The van der Waals surface area contributed by atoms with E-state index < -0.39 is 5.91 Å². The van der Waals surface area contributed by atoms with Crippen LogP contribution in [0.4, 0.5) is 5.69 Å². The fourth-order valence-electron chi connectivity index (χ4n) is 4.11. The Kier molecular flexibility index (Phi) is 10.5. The molecule has 0 atom stereocenters. The van der Waals surface area contributed by atoms with E-state index in [0.717, 1.165) is 15.9 Å². The number of ether oxygens (including phenoxy) is 1. The van der Waals surface area contributed by atoms with E-state index in [-0.39, 0.29) is 30.0 Å². The summed E-state index contributed by atoms with van der Waals surface area (Å²) in [6.07, 6.45) is 4.80. The zero-order chi connectivity index (χ0) is 31.3. The first-order valence-electron chi connectivity index (χ1n) is 13.3. The number of fused-ring (bicyclic) bond motifs is 1. The second-order valence-electron chi connectivity index (χ2n) is 9.65. The van der Waals surface area contributed by atoms with Crippen molar-refractivity contribution in [3.8, 4) is 5.75 Å². The van der Waals surface area contributed by atoms with Gasteiger partial charge >= 0.3 is 0 Å². The van der Waals surface area contributed by atoms with Crippen molar-refractivity contribution < 1.29 is 19.1 Å². The number of amides is 3. The van der Waals surface area contributed by atoms with Crippen LogP contribution >= 0.6 is 39.1 Å². The topological polar surface area (TPSA) is 96.2 Å². The minimum Gasteiger partial charge on any atom is -0.485 e. The first kappa shape index (κ1) is 32.1. The predicted molar refractivity (Wildman–Crippen MR) is 173 cm³/mol. The summed E-state index contributed by atoms with van der Waals surface area (Å²) >= 11 is 16.7. The van der Waals surface area contributed by atoms with Crippen LogP contribution in [0.2, 0.25) is 10.0 Å². The van der Waals surface area contributed by atoms with Gasteiger partial charge in [0.2, 0.25) is 11.8 Å². The van der Waals surface area contributed by atoms with Crippen LogP contribution in [-0.2, 0) is 16.2 Å². The Bertz CT molecular complexity index is 1700. The van der Waals surface area contributed by atoms with Gasteiger partial charge in [0.05, 0.1) is 22.9 Å². The number of likely N-dealkylation sites (N-methyl/N-ethyl adjacent to an activating group) is 1. The van der Waals surface area contributed by atoms with E-state index in [9.17, 15) is 14.4 Å². The quantitative estimate of drug-likeness (QED) is 0.201. The third-order valence-corrected chi connectivity index (χ3v) is 8.54. The van der Waals surface area contributed by atoms with Gasteiger partial charge in [0.25, 0.3) is 5.91 Å². The van der Waals surface area contributed by atoms with Gasteiger partial charge in [-0.05, 0) is 77.8 Å². The van der Waals surface area contributed by atoms with Crippen molar-refractivity contribution in [1.29, 1.82) is 0 Å². The van der Waals surface area contributed by atoms with Gasteiger partial charge in [0, 0.05) is 49.1 Å². The van der Waals surface area contributed by atoms with Gasteiger partial charge < -0.3 is 19.9 Å². The van der Waals surface area contributed by atoms with E-state index in [1.807, 2.05) is 30.5 Å². The van der Waals surface area contributed by atoms with E-state index in [1.54, 1.807) is 67.5 Å². The van der Waals surface area contributed by atoms with Crippen molar-refractivity contribution in [2.45, 2.75) is 20.5 Å². The van der Waals surface area contributed by atoms with Gasteiger partial charge in [0.15, 0.2) is 11.4 Å². The number of aryl methyl sites for hydroxylation is 1. The molecule has 0 aliphatic rings. The number of hydrogen-bond acceptors (Lipinski definition) is 5. The third kappa shape index (κ3) is 7.38. The van der Waals surface area contributed by atoms with E-state index in [4.69, 9.17) is 27.9 Å². The molecule has 4 aromatic rings. The number of benzene rings is 2. The molecule has 12 heteroatoms. The SMILES string of the molecule is CCN(C)C(=O)c1ccc(/C=C/C(=O)NCC(=O)N(C)c2ccc(Cl)c(COc3cccn4c(Br)c(C)nc34)c2Cl)cc1. The third-order valence-electron chi connectivity index (χ3n) is 6.81. The van der Waals surface area contributed by atoms with Crippen LogP contribution in [-0.4, -0.2) is 59.2 Å². The van der Waals surface area contributed by atoms with Crippen LogP contribution < -0.4 is 15.0 Å². The number of nitrogens with zero attached hydrogens (tertiary/aromatic N) is 4. The number of carbonyl (C=O) groups is 3. The lowest BCUT2D eigenvalue weighted by molar-refractivity contribution is -0.122. The molecule has 0 aliphatic carbocycles. The Morgan fingerprint density at radius 1 is 1.09 bits per heavy atom. The Labute approximate surface area is 268 Å². The molecule has 1 N–H and O–H groups in total. The minimum atomic E-state index is -0.445. The van der Waals surface area contributed by atoms with Gasteiger partial charge in [-0.2, -0.15) is 0 Å². The lowest BCUT2D eigenvalue weighted by Crippen LogP contribution is -2.37. The summed E-state index contributed by atoms with van der Waals surface area (Å²) in [5.41, 5.74) is 3.68. The van der Waals surface area contributed by atoms with E-state index in [2.05, 4.69) is 26.2 Å². The van der Waals surface area contributed by atoms with Crippen LogP contribution in [0.1, 0.15) is 34.1 Å². The first-order chi connectivity index (χ1) is 20.5. The van der Waals surface area contributed by atoms with Crippen LogP contribution in [0.15, 0.2) is 65.4 Å². The molecule has 2 aromatic carbocycles. The van der Waals surface area contributed by atoms with Gasteiger partial charge in [-0.15, -0.1) is 0 Å². The summed E-state index contributed by atoms with van der Waals surface area (Å²) in [4.78, 5) is 45.1. The molecule has 224 valence electrons. The van der Waals surface area contributed by atoms with Crippen molar-refractivity contribution in [1.82, 2.24) is 19.6 Å². The van der Waals surface area contributed by atoms with Crippen LogP contribution in [0, 0.1) is 6.92 Å². The van der Waals surface area contributed by atoms with Crippen LogP contribution in [0.25, 0.3) is 11.7 Å². The molecule has 0 aliphatic heterocycles. The number of anilines is 1. The molecule has 0 radical (unpaired) electrons. The number of halogens is 3. The van der Waals surface area contributed by atoms with Crippen molar-refractivity contribution in [3.63, 3.8) is 0 Å². The molecule has 0 spiro atoms. The molecule has 3 amide bonds. The number of imidazole rings is 1. The maximum Gasteiger partial charge on any atom is 0.253 e. The van der Waals surface area contributed by atoms with E-state index in [0.29, 0.717) is 39.8 Å². The fourth-order valence-corrected chi connectivity index (χ4v) is 5.09. The highest BCUT2D eigenvalue weighted by Crippen LogP contribution is 2.35. The molecule has 0 saturated carbocycles. The van der Waals surface area contributed by atoms with Gasteiger partial charge in [-0.25, -0.2) is 4.98 Å². The molecular formula is C31H30BrCl2N5O4. The molecule has 0 unspecified atom stereocenters. The normalized spacial score (nSPS) is 11.1. The summed E-state index contributed by atoms with van der Waals surface area (Å²) in [5.74, 6) is -0.362. The molecule has 0 fully saturated rings. The summed E-state index contributed by atoms with van der Waals surface area (Å²) in [5, 5.41) is 3.23. The molecule has 0 saturated heterocycles. The molecule has 2 heterocycles. The molecule has 2 aromatic heterocycles. The van der Waals surface area contributed by atoms with Crippen LogP contribution in [0.3, 0.4) is 0 Å². The van der Waals surface area contributed by atoms with Crippen molar-refractivity contribution in [2.24, 2.45) is 0 Å². The number of nitrogens with one attached hydrogen (secondary N) is 1. The molecular weight excluding hydrogens is 657 g/mol. The monoisotopic (exact) mass is 685 g/mol. The van der Waals surface area contributed by atoms with E-state index in [1.165, 1.54) is 11.0 Å². The number of carbonyl (C=O) groups excluding carboxylic acids is 3.